The molecule has 2 N–H and O–H groups in total. The first-order valence-corrected chi connectivity index (χ1v) is 5.71. The molecule has 0 aliphatic carbocycles. The summed E-state index contributed by atoms with van der Waals surface area (Å²) in [5.74, 6) is -1.60. The Morgan fingerprint density at radius 2 is 1.89 bits per heavy atom. The zero-order valence-electron chi connectivity index (χ0n) is 10.3. The van der Waals surface area contributed by atoms with E-state index in [9.17, 15) is 14.7 Å². The Morgan fingerprint density at radius 3 is 2.42 bits per heavy atom. The standard InChI is InChI=1S/C14H13NO4/c1-9-4-6-10(7-5-9)12(14(17)18)15-13(16)11-3-2-8-19-11/h2-8,12H,1H3,(H,15,16)(H,17,18). The van der Waals surface area contributed by atoms with Gasteiger partial charge in [-0.05, 0) is 24.6 Å². The van der Waals surface area contributed by atoms with E-state index in [1.54, 1.807) is 30.3 Å². The summed E-state index contributed by atoms with van der Waals surface area (Å²) in [5, 5.41) is 11.6. The van der Waals surface area contributed by atoms with Gasteiger partial charge in [-0.15, -0.1) is 0 Å². The molecule has 0 radical (unpaired) electrons. The van der Waals surface area contributed by atoms with Crippen molar-refractivity contribution in [3.8, 4) is 0 Å². The predicted octanol–water partition coefficient (Wildman–Crippen LogP) is 2.14. The third-order valence-corrected chi connectivity index (χ3v) is 2.68. The molecule has 0 aliphatic rings. The summed E-state index contributed by atoms with van der Waals surface area (Å²) in [6.07, 6.45) is 1.36. The van der Waals surface area contributed by atoms with Crippen molar-refractivity contribution in [2.24, 2.45) is 0 Å². The van der Waals surface area contributed by atoms with Crippen molar-refractivity contribution in [3.05, 3.63) is 59.5 Å². The Hall–Kier alpha value is -2.56. The number of rotatable bonds is 4. The molecule has 0 bridgehead atoms. The second-order valence-electron chi connectivity index (χ2n) is 4.13. The van der Waals surface area contributed by atoms with Crippen LogP contribution in [0, 0.1) is 6.92 Å². The number of aryl methyl sites for hydroxylation is 1. The number of nitrogens with one attached hydrogen (secondary N) is 1. The molecule has 1 heterocycles. The van der Waals surface area contributed by atoms with Gasteiger partial charge in [0.15, 0.2) is 11.8 Å². The SMILES string of the molecule is Cc1ccc(C(NC(=O)c2ccco2)C(=O)O)cc1. The normalized spacial score (nSPS) is 11.8. The average Bonchev–Trinajstić information content (AvgIpc) is 2.90. The fraction of sp³-hybridized carbons (Fsp3) is 0.143. The fourth-order valence-corrected chi connectivity index (χ4v) is 1.66. The van der Waals surface area contributed by atoms with Crippen molar-refractivity contribution in [3.63, 3.8) is 0 Å². The first-order valence-electron chi connectivity index (χ1n) is 5.71. The van der Waals surface area contributed by atoms with Crippen molar-refractivity contribution < 1.29 is 19.1 Å². The van der Waals surface area contributed by atoms with Gasteiger partial charge in [0, 0.05) is 0 Å². The van der Waals surface area contributed by atoms with E-state index in [1.165, 1.54) is 12.3 Å². The van der Waals surface area contributed by atoms with Gasteiger partial charge in [0.05, 0.1) is 6.26 Å². The van der Waals surface area contributed by atoms with E-state index in [0.717, 1.165) is 5.56 Å². The Balaban J connectivity index is 2.19. The van der Waals surface area contributed by atoms with Crippen molar-refractivity contribution in [2.75, 3.05) is 0 Å². The van der Waals surface area contributed by atoms with Gasteiger partial charge in [0.25, 0.3) is 5.91 Å². The van der Waals surface area contributed by atoms with Gasteiger partial charge in [-0.2, -0.15) is 0 Å². The molecule has 0 aliphatic heterocycles. The number of carboxylic acids is 1. The van der Waals surface area contributed by atoms with Crippen LogP contribution >= 0.6 is 0 Å². The minimum atomic E-state index is -1.12. The number of benzene rings is 1. The number of carbonyl (C=O) groups is 2. The lowest BCUT2D eigenvalue weighted by atomic mass is 10.1. The van der Waals surface area contributed by atoms with Crippen LogP contribution in [0.25, 0.3) is 0 Å². The van der Waals surface area contributed by atoms with Crippen molar-refractivity contribution >= 4 is 11.9 Å². The lowest BCUT2D eigenvalue weighted by Gasteiger charge is -2.14. The zero-order chi connectivity index (χ0) is 13.8. The minimum Gasteiger partial charge on any atom is -0.479 e. The molecule has 0 saturated carbocycles. The second-order valence-corrected chi connectivity index (χ2v) is 4.13. The van der Waals surface area contributed by atoms with Crippen LogP contribution in [-0.2, 0) is 4.79 Å². The number of furan rings is 1. The summed E-state index contributed by atoms with van der Waals surface area (Å²) >= 11 is 0. The fourth-order valence-electron chi connectivity index (χ4n) is 1.66. The summed E-state index contributed by atoms with van der Waals surface area (Å²) in [6.45, 7) is 1.90. The molecule has 1 amide bonds. The first kappa shape index (κ1) is 12.9. The average molecular weight is 259 g/mol. The van der Waals surface area contributed by atoms with Crippen LogP contribution in [-0.4, -0.2) is 17.0 Å². The molecule has 0 fully saturated rings. The Morgan fingerprint density at radius 1 is 1.21 bits per heavy atom. The predicted molar refractivity (Wildman–Crippen MR) is 67.7 cm³/mol. The van der Waals surface area contributed by atoms with Crippen LogP contribution in [0.15, 0.2) is 47.1 Å². The van der Waals surface area contributed by atoms with Crippen LogP contribution in [0.5, 0.6) is 0 Å². The van der Waals surface area contributed by atoms with Gasteiger partial charge in [-0.25, -0.2) is 4.79 Å². The van der Waals surface area contributed by atoms with Crippen LogP contribution < -0.4 is 5.32 Å². The van der Waals surface area contributed by atoms with Gasteiger partial charge in [0.1, 0.15) is 0 Å². The zero-order valence-corrected chi connectivity index (χ0v) is 10.3. The van der Waals surface area contributed by atoms with E-state index in [4.69, 9.17) is 4.42 Å². The number of carbonyl (C=O) groups excluding carboxylic acids is 1. The van der Waals surface area contributed by atoms with Crippen LogP contribution in [0.3, 0.4) is 0 Å². The second kappa shape index (κ2) is 5.39. The molecule has 98 valence electrons. The summed E-state index contributed by atoms with van der Waals surface area (Å²) in [4.78, 5) is 23.0. The molecule has 0 saturated heterocycles. The monoisotopic (exact) mass is 259 g/mol. The Labute approximate surface area is 109 Å². The third kappa shape index (κ3) is 3.01. The summed E-state index contributed by atoms with van der Waals surface area (Å²) in [5.41, 5.74) is 1.53. The quantitative estimate of drug-likeness (QED) is 0.881. The molecule has 0 spiro atoms. The number of amides is 1. The molecule has 2 rings (SSSR count). The van der Waals surface area contributed by atoms with Crippen molar-refractivity contribution in [1.82, 2.24) is 5.32 Å². The molecule has 1 atom stereocenters. The van der Waals surface area contributed by atoms with E-state index < -0.39 is 17.9 Å². The summed E-state index contributed by atoms with van der Waals surface area (Å²) in [7, 11) is 0. The largest absolute Gasteiger partial charge is 0.479 e. The summed E-state index contributed by atoms with van der Waals surface area (Å²) < 4.78 is 4.93. The highest BCUT2D eigenvalue weighted by Crippen LogP contribution is 2.15. The smallest absolute Gasteiger partial charge is 0.330 e. The number of hydrogen-bond donors (Lipinski definition) is 2. The van der Waals surface area contributed by atoms with E-state index in [1.807, 2.05) is 6.92 Å². The van der Waals surface area contributed by atoms with E-state index in [2.05, 4.69) is 5.32 Å². The minimum absolute atomic E-state index is 0.0818. The molecule has 2 aromatic rings. The van der Waals surface area contributed by atoms with Gasteiger partial charge >= 0.3 is 5.97 Å². The molecule has 1 aromatic heterocycles. The molecule has 5 heteroatoms. The highest BCUT2D eigenvalue weighted by atomic mass is 16.4. The van der Waals surface area contributed by atoms with Crippen molar-refractivity contribution in [1.29, 1.82) is 0 Å². The van der Waals surface area contributed by atoms with Crippen LogP contribution in [0.4, 0.5) is 0 Å². The number of aliphatic carboxylic acids is 1. The maximum atomic E-state index is 11.8. The molecule has 19 heavy (non-hydrogen) atoms. The van der Waals surface area contributed by atoms with Gasteiger partial charge < -0.3 is 14.8 Å². The van der Waals surface area contributed by atoms with Gasteiger partial charge in [-0.3, -0.25) is 4.79 Å². The Kier molecular flexibility index (Phi) is 3.66. The van der Waals surface area contributed by atoms with E-state index in [-0.39, 0.29) is 5.76 Å². The molecule has 1 aromatic carbocycles. The first-order chi connectivity index (χ1) is 9.08. The van der Waals surface area contributed by atoms with Crippen LogP contribution in [0.2, 0.25) is 0 Å². The highest BCUT2D eigenvalue weighted by molar-refractivity contribution is 5.94. The number of hydrogen-bond acceptors (Lipinski definition) is 3. The topological polar surface area (TPSA) is 79.5 Å². The van der Waals surface area contributed by atoms with Crippen molar-refractivity contribution in [2.45, 2.75) is 13.0 Å². The molecular formula is C14H13NO4. The highest BCUT2D eigenvalue weighted by Gasteiger charge is 2.23. The Bertz CT molecular complexity index is 572. The third-order valence-electron chi connectivity index (χ3n) is 2.68. The lowest BCUT2D eigenvalue weighted by Crippen LogP contribution is -2.33. The van der Waals surface area contributed by atoms with Gasteiger partial charge in [0.2, 0.25) is 0 Å². The molecule has 1 unspecified atom stereocenters. The van der Waals surface area contributed by atoms with Gasteiger partial charge in [-0.1, -0.05) is 29.8 Å². The lowest BCUT2D eigenvalue weighted by molar-refractivity contribution is -0.139. The maximum Gasteiger partial charge on any atom is 0.330 e. The molecule has 5 nitrogen and oxygen atoms in total. The van der Waals surface area contributed by atoms with E-state index in [0.29, 0.717) is 5.56 Å². The van der Waals surface area contributed by atoms with E-state index >= 15 is 0 Å². The summed E-state index contributed by atoms with van der Waals surface area (Å²) in [6, 6.07) is 8.89. The number of carboxylic acid groups (broad SMARTS) is 1. The molecular weight excluding hydrogens is 246 g/mol. The van der Waals surface area contributed by atoms with Crippen LogP contribution in [0.1, 0.15) is 27.7 Å². The maximum absolute atomic E-state index is 11.8.